The summed E-state index contributed by atoms with van der Waals surface area (Å²) in [6.07, 6.45) is 1.94. The average molecular weight is 332 g/mol. The predicted molar refractivity (Wildman–Crippen MR) is 96.7 cm³/mol. The minimum atomic E-state index is -0.396. The largest absolute Gasteiger partial charge is 0.392 e. The molecule has 4 aromatic rings. The lowest BCUT2D eigenvalue weighted by atomic mass is 10.0. The normalized spacial score (nSPS) is 11.2. The van der Waals surface area contributed by atoms with E-state index in [0.29, 0.717) is 11.1 Å². The summed E-state index contributed by atoms with van der Waals surface area (Å²) in [6, 6.07) is 18.7. The van der Waals surface area contributed by atoms with Gasteiger partial charge in [0.15, 0.2) is 0 Å². The lowest BCUT2D eigenvalue weighted by molar-refractivity contribution is 0.276. The van der Waals surface area contributed by atoms with Crippen LogP contribution in [0, 0.1) is 12.7 Å². The molecule has 25 heavy (non-hydrogen) atoms. The van der Waals surface area contributed by atoms with E-state index in [1.807, 2.05) is 66.1 Å². The van der Waals surface area contributed by atoms with Crippen molar-refractivity contribution in [2.24, 2.45) is 0 Å². The molecule has 2 heterocycles. The van der Waals surface area contributed by atoms with E-state index < -0.39 is 5.82 Å². The molecule has 0 atom stereocenters. The van der Waals surface area contributed by atoms with E-state index in [-0.39, 0.29) is 6.61 Å². The van der Waals surface area contributed by atoms with Crippen LogP contribution < -0.4 is 0 Å². The topological polar surface area (TPSA) is 37.5 Å². The highest BCUT2D eigenvalue weighted by atomic mass is 19.1. The highest BCUT2D eigenvalue weighted by Gasteiger charge is 2.13. The number of aliphatic hydroxyl groups is 1. The second kappa shape index (κ2) is 6.15. The van der Waals surface area contributed by atoms with Gasteiger partial charge in [-0.3, -0.25) is 0 Å². The highest BCUT2D eigenvalue weighted by molar-refractivity contribution is 5.71. The molecule has 0 fully saturated rings. The summed E-state index contributed by atoms with van der Waals surface area (Å²) in [5.41, 5.74) is 5.69. The first-order chi connectivity index (χ1) is 12.2. The Morgan fingerprint density at radius 3 is 2.52 bits per heavy atom. The van der Waals surface area contributed by atoms with Gasteiger partial charge in [-0.05, 0) is 36.2 Å². The third-order valence-corrected chi connectivity index (χ3v) is 4.49. The van der Waals surface area contributed by atoms with Crippen LogP contribution in [-0.4, -0.2) is 14.5 Å². The van der Waals surface area contributed by atoms with E-state index in [4.69, 9.17) is 4.98 Å². The van der Waals surface area contributed by atoms with Gasteiger partial charge >= 0.3 is 0 Å². The number of aliphatic hydroxyl groups excluding tert-OH is 1. The van der Waals surface area contributed by atoms with Crippen LogP contribution in [0.5, 0.6) is 0 Å². The van der Waals surface area contributed by atoms with Crippen LogP contribution in [0.3, 0.4) is 0 Å². The van der Waals surface area contributed by atoms with E-state index in [9.17, 15) is 9.50 Å². The van der Waals surface area contributed by atoms with Crippen LogP contribution >= 0.6 is 0 Å². The van der Waals surface area contributed by atoms with Crippen LogP contribution in [-0.2, 0) is 6.61 Å². The van der Waals surface area contributed by atoms with E-state index in [1.165, 1.54) is 6.07 Å². The maximum Gasteiger partial charge on any atom is 0.137 e. The summed E-state index contributed by atoms with van der Waals surface area (Å²) in [7, 11) is 0. The molecule has 4 heteroatoms. The van der Waals surface area contributed by atoms with E-state index in [2.05, 4.69) is 0 Å². The predicted octanol–water partition coefficient (Wildman–Crippen LogP) is 4.61. The lowest BCUT2D eigenvalue weighted by Crippen LogP contribution is -1.96. The number of aryl methyl sites for hydroxylation is 1. The Morgan fingerprint density at radius 1 is 0.960 bits per heavy atom. The molecule has 0 bridgehead atoms. The van der Waals surface area contributed by atoms with Gasteiger partial charge in [-0.2, -0.15) is 0 Å². The summed E-state index contributed by atoms with van der Waals surface area (Å²) in [6.45, 7) is 1.68. The second-order valence-electron chi connectivity index (χ2n) is 5.98. The van der Waals surface area contributed by atoms with Gasteiger partial charge in [0.25, 0.3) is 0 Å². The molecule has 0 amide bonds. The van der Waals surface area contributed by atoms with Gasteiger partial charge in [0.2, 0.25) is 0 Å². The molecule has 0 aliphatic heterocycles. The molecule has 0 radical (unpaired) electrons. The van der Waals surface area contributed by atoms with Crippen molar-refractivity contribution in [2.75, 3.05) is 0 Å². The van der Waals surface area contributed by atoms with Crippen LogP contribution in [0.15, 0.2) is 66.9 Å². The van der Waals surface area contributed by atoms with Crippen LogP contribution in [0.25, 0.3) is 28.0 Å². The fraction of sp³-hybridized carbons (Fsp3) is 0.0952. The first-order valence-electron chi connectivity index (χ1n) is 8.12. The standard InChI is InChI=1S/C21H17FN2O/c1-14-21(15-6-3-2-4-7-15)23-20-11-10-16(12-24(14)20)17-8-5-9-19(22)18(17)13-25/h2-12,25H,13H2,1H3. The van der Waals surface area contributed by atoms with Gasteiger partial charge in [-0.1, -0.05) is 42.5 Å². The molecule has 2 aromatic carbocycles. The number of fused-ring (bicyclic) bond motifs is 1. The Balaban J connectivity index is 1.90. The van der Waals surface area contributed by atoms with Crippen LogP contribution in [0.1, 0.15) is 11.3 Å². The maximum atomic E-state index is 14.0. The molecular weight excluding hydrogens is 315 g/mol. The number of pyridine rings is 1. The number of halogens is 1. The Labute approximate surface area is 145 Å². The molecule has 2 aromatic heterocycles. The number of benzene rings is 2. The van der Waals surface area contributed by atoms with Gasteiger partial charge in [-0.25, -0.2) is 9.37 Å². The molecule has 0 aliphatic rings. The van der Waals surface area contributed by atoms with Gasteiger partial charge in [-0.15, -0.1) is 0 Å². The van der Waals surface area contributed by atoms with Gasteiger partial charge in [0.05, 0.1) is 12.3 Å². The number of imidazole rings is 1. The fourth-order valence-corrected chi connectivity index (χ4v) is 3.18. The van der Waals surface area contributed by atoms with E-state index >= 15 is 0 Å². The lowest BCUT2D eigenvalue weighted by Gasteiger charge is -2.09. The third-order valence-electron chi connectivity index (χ3n) is 4.49. The second-order valence-corrected chi connectivity index (χ2v) is 5.98. The number of rotatable bonds is 3. The molecule has 0 aliphatic carbocycles. The smallest absolute Gasteiger partial charge is 0.137 e. The zero-order valence-corrected chi connectivity index (χ0v) is 13.8. The summed E-state index contributed by atoms with van der Waals surface area (Å²) < 4.78 is 16.0. The first kappa shape index (κ1) is 15.5. The molecule has 0 spiro atoms. The van der Waals surface area contributed by atoms with Crippen molar-refractivity contribution in [3.8, 4) is 22.4 Å². The van der Waals surface area contributed by atoms with Crippen molar-refractivity contribution in [3.63, 3.8) is 0 Å². The number of aromatic nitrogens is 2. The molecule has 3 nitrogen and oxygen atoms in total. The molecule has 0 unspecified atom stereocenters. The Hall–Kier alpha value is -2.98. The Kier molecular flexibility index (Phi) is 3.82. The number of nitrogens with zero attached hydrogens (tertiary/aromatic N) is 2. The zero-order chi connectivity index (χ0) is 17.4. The van der Waals surface area contributed by atoms with Crippen molar-refractivity contribution in [1.82, 2.24) is 9.38 Å². The summed E-state index contributed by atoms with van der Waals surface area (Å²) in [5, 5.41) is 9.52. The van der Waals surface area contributed by atoms with Crippen molar-refractivity contribution < 1.29 is 9.50 Å². The van der Waals surface area contributed by atoms with Crippen molar-refractivity contribution in [3.05, 3.63) is 83.9 Å². The van der Waals surface area contributed by atoms with Gasteiger partial charge in [0, 0.05) is 23.0 Å². The van der Waals surface area contributed by atoms with Crippen LogP contribution in [0.2, 0.25) is 0 Å². The van der Waals surface area contributed by atoms with Gasteiger partial charge < -0.3 is 9.51 Å². The number of hydrogen-bond acceptors (Lipinski definition) is 2. The van der Waals surface area contributed by atoms with Gasteiger partial charge in [0.1, 0.15) is 11.5 Å². The van der Waals surface area contributed by atoms with E-state index in [0.717, 1.165) is 28.2 Å². The first-order valence-corrected chi connectivity index (χ1v) is 8.12. The monoisotopic (exact) mass is 332 g/mol. The fourth-order valence-electron chi connectivity index (χ4n) is 3.18. The summed E-state index contributed by atoms with van der Waals surface area (Å²) in [4.78, 5) is 4.72. The molecular formula is C21H17FN2O. The maximum absolute atomic E-state index is 14.0. The minimum Gasteiger partial charge on any atom is -0.392 e. The quantitative estimate of drug-likeness (QED) is 0.595. The SMILES string of the molecule is Cc1c(-c2ccccc2)nc2ccc(-c3cccc(F)c3CO)cn12. The van der Waals surface area contributed by atoms with E-state index in [1.54, 1.807) is 6.07 Å². The van der Waals surface area contributed by atoms with Crippen molar-refractivity contribution in [2.45, 2.75) is 13.5 Å². The third kappa shape index (κ3) is 2.61. The molecule has 0 saturated carbocycles. The highest BCUT2D eigenvalue weighted by Crippen LogP contribution is 2.29. The Bertz CT molecular complexity index is 1050. The van der Waals surface area contributed by atoms with Crippen LogP contribution in [0.4, 0.5) is 4.39 Å². The van der Waals surface area contributed by atoms with Crippen molar-refractivity contribution >= 4 is 5.65 Å². The minimum absolute atomic E-state index is 0.308. The molecule has 4 rings (SSSR count). The zero-order valence-electron chi connectivity index (χ0n) is 13.8. The van der Waals surface area contributed by atoms with Crippen molar-refractivity contribution in [1.29, 1.82) is 0 Å². The molecule has 0 saturated heterocycles. The average Bonchev–Trinajstić information content (AvgIpc) is 2.98. The Morgan fingerprint density at radius 2 is 1.76 bits per heavy atom. The summed E-state index contributed by atoms with van der Waals surface area (Å²) >= 11 is 0. The molecule has 1 N–H and O–H groups in total. The number of hydrogen-bond donors (Lipinski definition) is 1. The molecule has 124 valence electrons. The summed E-state index contributed by atoms with van der Waals surface area (Å²) in [5.74, 6) is -0.396.